The zero-order valence-electron chi connectivity index (χ0n) is 8.66. The summed E-state index contributed by atoms with van der Waals surface area (Å²) in [4.78, 5) is 15.1. The predicted octanol–water partition coefficient (Wildman–Crippen LogP) is 1.80. The molecule has 2 rings (SSSR count). The number of carbonyl (C=O) groups is 1. The average Bonchev–Trinajstić information content (AvgIpc) is 2.18. The summed E-state index contributed by atoms with van der Waals surface area (Å²) in [5, 5.41) is 9.12. The molecule has 3 N–H and O–H groups in total. The Morgan fingerprint density at radius 1 is 1.67 bits per heavy atom. The van der Waals surface area contributed by atoms with Crippen molar-refractivity contribution in [3.63, 3.8) is 0 Å². The number of carboxylic acid groups (broad SMARTS) is 1. The molecule has 1 aromatic rings. The largest absolute Gasteiger partial charge is 0.478 e. The van der Waals surface area contributed by atoms with Crippen molar-refractivity contribution in [2.45, 2.75) is 32.1 Å². The summed E-state index contributed by atoms with van der Waals surface area (Å²) >= 11 is 0. The molecule has 1 heterocycles. The fourth-order valence-electron chi connectivity index (χ4n) is 2.31. The lowest BCUT2D eigenvalue weighted by Gasteiger charge is -2.24. The second-order valence-electron chi connectivity index (χ2n) is 4.06. The van der Waals surface area contributed by atoms with Gasteiger partial charge in [0.1, 0.15) is 11.4 Å². The summed E-state index contributed by atoms with van der Waals surface area (Å²) in [7, 11) is 0. The van der Waals surface area contributed by atoms with Gasteiger partial charge in [-0.05, 0) is 36.3 Å². The minimum absolute atomic E-state index is 0.134. The molecule has 1 aliphatic rings. The molecule has 1 unspecified atom stereocenters. The molecule has 0 aromatic carbocycles. The summed E-state index contributed by atoms with van der Waals surface area (Å²) in [6.45, 7) is 2.05. The summed E-state index contributed by atoms with van der Waals surface area (Å²) in [6, 6.07) is 0. The van der Waals surface area contributed by atoms with Gasteiger partial charge >= 0.3 is 5.97 Å². The molecule has 1 aromatic heterocycles. The highest BCUT2D eigenvalue weighted by Gasteiger charge is 2.25. The third kappa shape index (κ3) is 1.56. The number of nitrogens with two attached hydrogens (primary N) is 1. The molecule has 0 bridgehead atoms. The maximum Gasteiger partial charge on any atom is 0.339 e. The molecular weight excluding hydrogens is 192 g/mol. The van der Waals surface area contributed by atoms with E-state index in [1.54, 1.807) is 6.20 Å². The zero-order chi connectivity index (χ0) is 11.0. The summed E-state index contributed by atoms with van der Waals surface area (Å²) in [6.07, 6.45) is 4.75. The van der Waals surface area contributed by atoms with Crippen LogP contribution in [0, 0.1) is 0 Å². The minimum Gasteiger partial charge on any atom is -0.478 e. The van der Waals surface area contributed by atoms with Crippen LogP contribution in [0.3, 0.4) is 0 Å². The smallest absolute Gasteiger partial charge is 0.339 e. The minimum atomic E-state index is -0.967. The maximum absolute atomic E-state index is 11.1. The van der Waals surface area contributed by atoms with E-state index in [0.717, 1.165) is 30.4 Å². The molecule has 0 spiro atoms. The standard InChI is InChI=1S/C11H14N2O2/c1-6-3-2-4-7-5-13-10(12)9(8(6)7)11(14)15/h5-6H,2-4H2,1H3,(H2,12,13)(H,14,15). The number of aromatic nitrogens is 1. The van der Waals surface area contributed by atoms with Crippen molar-refractivity contribution in [3.05, 3.63) is 22.9 Å². The molecule has 0 amide bonds. The second-order valence-corrected chi connectivity index (χ2v) is 4.06. The van der Waals surface area contributed by atoms with Gasteiger partial charge < -0.3 is 10.8 Å². The van der Waals surface area contributed by atoms with Crippen LogP contribution in [0.5, 0.6) is 0 Å². The van der Waals surface area contributed by atoms with Crippen molar-refractivity contribution in [1.82, 2.24) is 4.98 Å². The molecule has 0 saturated heterocycles. The quantitative estimate of drug-likeness (QED) is 0.734. The van der Waals surface area contributed by atoms with E-state index in [2.05, 4.69) is 4.98 Å². The van der Waals surface area contributed by atoms with Gasteiger partial charge in [0, 0.05) is 6.20 Å². The molecule has 0 saturated carbocycles. The summed E-state index contributed by atoms with van der Waals surface area (Å²) < 4.78 is 0. The van der Waals surface area contributed by atoms with Crippen molar-refractivity contribution in [2.24, 2.45) is 0 Å². The van der Waals surface area contributed by atoms with Gasteiger partial charge in [0.15, 0.2) is 0 Å². The molecule has 1 atom stereocenters. The van der Waals surface area contributed by atoms with Gasteiger partial charge in [-0.3, -0.25) is 0 Å². The Balaban J connectivity index is 2.66. The molecule has 0 radical (unpaired) electrons. The van der Waals surface area contributed by atoms with Gasteiger partial charge in [0.2, 0.25) is 0 Å². The number of carboxylic acids is 1. The Hall–Kier alpha value is -1.58. The molecule has 4 nitrogen and oxygen atoms in total. The van der Waals surface area contributed by atoms with E-state index in [9.17, 15) is 4.79 Å². The van der Waals surface area contributed by atoms with E-state index in [4.69, 9.17) is 10.8 Å². The van der Waals surface area contributed by atoms with Crippen LogP contribution in [0.1, 0.15) is 47.2 Å². The van der Waals surface area contributed by atoms with Crippen LogP contribution in [0.25, 0.3) is 0 Å². The lowest BCUT2D eigenvalue weighted by atomic mass is 9.82. The number of pyridine rings is 1. The van der Waals surface area contributed by atoms with Crippen LogP contribution in [-0.4, -0.2) is 16.1 Å². The SMILES string of the molecule is CC1CCCc2cnc(N)c(C(=O)O)c21. The van der Waals surface area contributed by atoms with E-state index >= 15 is 0 Å². The Kier molecular flexibility index (Phi) is 2.34. The number of nitrogen functional groups attached to an aromatic ring is 1. The summed E-state index contributed by atoms with van der Waals surface area (Å²) in [5.74, 6) is -0.564. The topological polar surface area (TPSA) is 76.2 Å². The Morgan fingerprint density at radius 3 is 3.07 bits per heavy atom. The molecule has 15 heavy (non-hydrogen) atoms. The number of aryl methyl sites for hydroxylation is 1. The first-order valence-corrected chi connectivity index (χ1v) is 5.11. The lowest BCUT2D eigenvalue weighted by Crippen LogP contribution is -2.16. The van der Waals surface area contributed by atoms with Crippen LogP contribution in [0.4, 0.5) is 5.82 Å². The first kappa shape index (κ1) is 9.96. The van der Waals surface area contributed by atoms with Crippen molar-refractivity contribution in [1.29, 1.82) is 0 Å². The Labute approximate surface area is 88.1 Å². The first-order chi connectivity index (χ1) is 7.11. The zero-order valence-corrected chi connectivity index (χ0v) is 8.66. The first-order valence-electron chi connectivity index (χ1n) is 5.11. The van der Waals surface area contributed by atoms with Crippen molar-refractivity contribution >= 4 is 11.8 Å². The number of rotatable bonds is 1. The fourth-order valence-corrected chi connectivity index (χ4v) is 2.31. The van der Waals surface area contributed by atoms with Crippen molar-refractivity contribution in [3.8, 4) is 0 Å². The van der Waals surface area contributed by atoms with Gasteiger partial charge in [-0.2, -0.15) is 0 Å². The van der Waals surface area contributed by atoms with Crippen LogP contribution in [0.15, 0.2) is 6.20 Å². The van der Waals surface area contributed by atoms with E-state index < -0.39 is 5.97 Å². The molecular formula is C11H14N2O2. The number of hydrogen-bond donors (Lipinski definition) is 2. The Bertz CT molecular complexity index is 415. The van der Waals surface area contributed by atoms with Crippen LogP contribution in [0.2, 0.25) is 0 Å². The second kappa shape index (κ2) is 3.53. The van der Waals surface area contributed by atoms with Crippen LogP contribution >= 0.6 is 0 Å². The third-order valence-electron chi connectivity index (χ3n) is 3.02. The van der Waals surface area contributed by atoms with Gasteiger partial charge in [0.25, 0.3) is 0 Å². The number of fused-ring (bicyclic) bond motifs is 1. The lowest BCUT2D eigenvalue weighted by molar-refractivity contribution is 0.0695. The molecule has 4 heteroatoms. The number of nitrogens with zero attached hydrogens (tertiary/aromatic N) is 1. The Morgan fingerprint density at radius 2 is 2.40 bits per heavy atom. The average molecular weight is 206 g/mol. The molecule has 80 valence electrons. The van der Waals surface area contributed by atoms with Gasteiger partial charge in [-0.25, -0.2) is 9.78 Å². The summed E-state index contributed by atoms with van der Waals surface area (Å²) in [5.41, 5.74) is 7.76. The van der Waals surface area contributed by atoms with E-state index in [1.807, 2.05) is 6.92 Å². The predicted molar refractivity (Wildman–Crippen MR) is 57.0 cm³/mol. The molecule has 0 fully saturated rings. The van der Waals surface area contributed by atoms with Gasteiger partial charge in [0.05, 0.1) is 0 Å². The van der Waals surface area contributed by atoms with Crippen LogP contribution < -0.4 is 5.73 Å². The monoisotopic (exact) mass is 206 g/mol. The van der Waals surface area contributed by atoms with Gasteiger partial charge in [-0.15, -0.1) is 0 Å². The van der Waals surface area contributed by atoms with Gasteiger partial charge in [-0.1, -0.05) is 6.92 Å². The highest BCUT2D eigenvalue weighted by atomic mass is 16.4. The highest BCUT2D eigenvalue weighted by molar-refractivity contribution is 5.95. The normalized spacial score (nSPS) is 19.7. The van der Waals surface area contributed by atoms with Crippen molar-refractivity contribution in [2.75, 3.05) is 5.73 Å². The van der Waals surface area contributed by atoms with E-state index in [1.165, 1.54) is 0 Å². The molecule has 0 aliphatic heterocycles. The number of anilines is 1. The number of aromatic carboxylic acids is 1. The van der Waals surface area contributed by atoms with Crippen molar-refractivity contribution < 1.29 is 9.90 Å². The highest BCUT2D eigenvalue weighted by Crippen LogP contribution is 2.35. The molecule has 1 aliphatic carbocycles. The van der Waals surface area contributed by atoms with E-state index in [-0.39, 0.29) is 17.3 Å². The number of hydrogen-bond acceptors (Lipinski definition) is 3. The fraction of sp³-hybridized carbons (Fsp3) is 0.455. The third-order valence-corrected chi connectivity index (χ3v) is 3.02. The van der Waals surface area contributed by atoms with Crippen LogP contribution in [-0.2, 0) is 6.42 Å². The van der Waals surface area contributed by atoms with E-state index in [0.29, 0.717) is 0 Å². The maximum atomic E-state index is 11.1.